The molecular weight excluding hydrogens is 322 g/mol. The summed E-state index contributed by atoms with van der Waals surface area (Å²) >= 11 is 1.69. The Morgan fingerprint density at radius 3 is 2.79 bits per heavy atom. The Hall–Kier alpha value is -1.56. The van der Waals surface area contributed by atoms with Gasteiger partial charge in [0, 0.05) is 38.6 Å². The molecule has 1 aromatic rings. The van der Waals surface area contributed by atoms with Crippen molar-refractivity contribution in [1.29, 1.82) is 0 Å². The zero-order chi connectivity index (χ0) is 16.9. The predicted octanol–water partition coefficient (Wildman–Crippen LogP) is 3.04. The van der Waals surface area contributed by atoms with Crippen molar-refractivity contribution >= 4 is 23.3 Å². The fourth-order valence-electron chi connectivity index (χ4n) is 3.62. The quantitative estimate of drug-likeness (QED) is 0.908. The molecule has 3 rings (SSSR count). The van der Waals surface area contributed by atoms with Crippen molar-refractivity contribution in [2.75, 3.05) is 26.2 Å². The maximum absolute atomic E-state index is 12.4. The van der Waals surface area contributed by atoms with E-state index >= 15 is 0 Å². The third-order valence-electron chi connectivity index (χ3n) is 5.22. The van der Waals surface area contributed by atoms with Gasteiger partial charge in [0.05, 0.1) is 0 Å². The van der Waals surface area contributed by atoms with Crippen molar-refractivity contribution < 1.29 is 9.59 Å². The lowest BCUT2D eigenvalue weighted by atomic mass is 9.99. The third-order valence-corrected chi connectivity index (χ3v) is 5.93. The first-order valence-corrected chi connectivity index (χ1v) is 9.94. The SMILES string of the molecule is C[C@H](CNC(=O)N1CCC(N2CCCCC2=O)CC1)c1ccsc1. The number of nitrogens with zero attached hydrogens (tertiary/aromatic N) is 2. The molecule has 0 spiro atoms. The second kappa shape index (κ2) is 8.01. The van der Waals surface area contributed by atoms with Crippen molar-refractivity contribution in [3.05, 3.63) is 22.4 Å². The molecule has 2 saturated heterocycles. The molecule has 6 heteroatoms. The van der Waals surface area contributed by atoms with Crippen LogP contribution in [-0.2, 0) is 4.79 Å². The highest BCUT2D eigenvalue weighted by molar-refractivity contribution is 7.07. The number of rotatable bonds is 4. The summed E-state index contributed by atoms with van der Waals surface area (Å²) in [4.78, 5) is 28.3. The lowest BCUT2D eigenvalue weighted by molar-refractivity contribution is -0.136. The molecule has 0 bridgehead atoms. The molecule has 1 N–H and O–H groups in total. The Morgan fingerprint density at radius 1 is 1.33 bits per heavy atom. The van der Waals surface area contributed by atoms with Crippen molar-refractivity contribution in [2.24, 2.45) is 0 Å². The Kier molecular flexibility index (Phi) is 5.76. The van der Waals surface area contributed by atoms with Gasteiger partial charge in [0.1, 0.15) is 0 Å². The molecule has 3 amide bonds. The average molecular weight is 350 g/mol. The van der Waals surface area contributed by atoms with E-state index < -0.39 is 0 Å². The Balaban J connectivity index is 1.42. The van der Waals surface area contributed by atoms with E-state index in [0.717, 1.165) is 45.3 Å². The summed E-state index contributed by atoms with van der Waals surface area (Å²) in [6.07, 6.45) is 4.64. The summed E-state index contributed by atoms with van der Waals surface area (Å²) < 4.78 is 0. The van der Waals surface area contributed by atoms with Gasteiger partial charge in [-0.05, 0) is 54.0 Å². The molecule has 0 unspecified atom stereocenters. The van der Waals surface area contributed by atoms with E-state index in [4.69, 9.17) is 0 Å². The number of thiophene rings is 1. The molecule has 0 aromatic carbocycles. The number of hydrogen-bond donors (Lipinski definition) is 1. The Labute approximate surface area is 148 Å². The van der Waals surface area contributed by atoms with Crippen molar-refractivity contribution in [1.82, 2.24) is 15.1 Å². The molecule has 24 heavy (non-hydrogen) atoms. The Morgan fingerprint density at radius 2 is 2.12 bits per heavy atom. The van der Waals surface area contributed by atoms with E-state index in [-0.39, 0.29) is 6.03 Å². The third kappa shape index (κ3) is 4.09. The van der Waals surface area contributed by atoms with Crippen LogP contribution in [0.4, 0.5) is 4.79 Å². The molecular formula is C18H27N3O2S. The summed E-state index contributed by atoms with van der Waals surface area (Å²) in [5.74, 6) is 0.637. The largest absolute Gasteiger partial charge is 0.340 e. The van der Waals surface area contributed by atoms with Crippen molar-refractivity contribution in [3.63, 3.8) is 0 Å². The van der Waals surface area contributed by atoms with Gasteiger partial charge in [-0.25, -0.2) is 4.79 Å². The fraction of sp³-hybridized carbons (Fsp3) is 0.667. The fourth-order valence-corrected chi connectivity index (χ4v) is 4.40. The van der Waals surface area contributed by atoms with Gasteiger partial charge in [0.15, 0.2) is 0 Å². The molecule has 3 heterocycles. The van der Waals surface area contributed by atoms with Crippen LogP contribution in [0.25, 0.3) is 0 Å². The normalized spacial score (nSPS) is 21.0. The Bertz CT molecular complexity index is 553. The van der Waals surface area contributed by atoms with E-state index in [2.05, 4.69) is 34.0 Å². The molecule has 1 aromatic heterocycles. The van der Waals surface area contributed by atoms with Gasteiger partial charge in [-0.1, -0.05) is 6.92 Å². The molecule has 2 fully saturated rings. The molecule has 2 aliphatic heterocycles. The van der Waals surface area contributed by atoms with E-state index in [1.807, 2.05) is 4.90 Å². The molecule has 0 saturated carbocycles. The molecule has 1 atom stereocenters. The van der Waals surface area contributed by atoms with Crippen molar-refractivity contribution in [2.45, 2.75) is 51.0 Å². The van der Waals surface area contributed by atoms with Gasteiger partial charge < -0.3 is 15.1 Å². The number of hydrogen-bond acceptors (Lipinski definition) is 3. The first-order valence-electron chi connectivity index (χ1n) is 8.99. The number of likely N-dealkylation sites (tertiary alicyclic amines) is 2. The highest BCUT2D eigenvalue weighted by atomic mass is 32.1. The van der Waals surface area contributed by atoms with Gasteiger partial charge in [-0.15, -0.1) is 0 Å². The van der Waals surface area contributed by atoms with Crippen LogP contribution in [0.3, 0.4) is 0 Å². The van der Waals surface area contributed by atoms with Crippen LogP contribution in [0, 0.1) is 0 Å². The van der Waals surface area contributed by atoms with Gasteiger partial charge in [-0.2, -0.15) is 11.3 Å². The summed E-state index contributed by atoms with van der Waals surface area (Å²) in [6.45, 7) is 5.19. The minimum Gasteiger partial charge on any atom is -0.340 e. The lowest BCUT2D eigenvalue weighted by Gasteiger charge is -2.40. The standard InChI is InChI=1S/C18H27N3O2S/c1-14(15-7-11-24-13-15)12-19-18(23)20-9-5-16(6-10-20)21-8-3-2-4-17(21)22/h7,11,13-14,16H,2-6,8-10,12H2,1H3,(H,19,23)/t14-/m1/s1. The van der Waals surface area contributed by atoms with E-state index in [0.29, 0.717) is 30.8 Å². The molecule has 0 aliphatic carbocycles. The van der Waals surface area contributed by atoms with Crippen LogP contribution in [-0.4, -0.2) is 54.0 Å². The lowest BCUT2D eigenvalue weighted by Crippen LogP contribution is -2.52. The predicted molar refractivity (Wildman–Crippen MR) is 96.3 cm³/mol. The zero-order valence-corrected chi connectivity index (χ0v) is 15.2. The number of nitrogens with one attached hydrogen (secondary N) is 1. The van der Waals surface area contributed by atoms with Crippen LogP contribution in [0.15, 0.2) is 16.8 Å². The van der Waals surface area contributed by atoms with Crippen LogP contribution < -0.4 is 5.32 Å². The first kappa shape index (κ1) is 17.3. The highest BCUT2D eigenvalue weighted by Crippen LogP contribution is 2.22. The highest BCUT2D eigenvalue weighted by Gasteiger charge is 2.30. The first-order chi connectivity index (χ1) is 11.6. The van der Waals surface area contributed by atoms with Crippen LogP contribution >= 0.6 is 11.3 Å². The molecule has 0 radical (unpaired) electrons. The van der Waals surface area contributed by atoms with E-state index in [1.165, 1.54) is 5.56 Å². The van der Waals surface area contributed by atoms with Crippen LogP contribution in [0.5, 0.6) is 0 Å². The maximum atomic E-state index is 12.4. The zero-order valence-electron chi connectivity index (χ0n) is 14.4. The number of piperidine rings is 2. The number of urea groups is 1. The summed E-state index contributed by atoms with van der Waals surface area (Å²) in [7, 11) is 0. The van der Waals surface area contributed by atoms with Gasteiger partial charge in [0.2, 0.25) is 5.91 Å². The topological polar surface area (TPSA) is 52.7 Å². The number of carbonyl (C=O) groups excluding carboxylic acids is 2. The minimum absolute atomic E-state index is 0.0282. The van der Waals surface area contributed by atoms with E-state index in [9.17, 15) is 9.59 Å². The van der Waals surface area contributed by atoms with Gasteiger partial charge in [0.25, 0.3) is 0 Å². The molecule has 2 aliphatic rings. The monoisotopic (exact) mass is 349 g/mol. The van der Waals surface area contributed by atoms with Gasteiger partial charge >= 0.3 is 6.03 Å². The number of carbonyl (C=O) groups is 2. The summed E-state index contributed by atoms with van der Waals surface area (Å²) in [5, 5.41) is 7.26. The second-order valence-corrected chi connectivity index (χ2v) is 7.69. The molecule has 5 nitrogen and oxygen atoms in total. The smallest absolute Gasteiger partial charge is 0.317 e. The van der Waals surface area contributed by atoms with Crippen LogP contribution in [0.1, 0.15) is 50.5 Å². The van der Waals surface area contributed by atoms with Crippen molar-refractivity contribution in [3.8, 4) is 0 Å². The molecule has 132 valence electrons. The van der Waals surface area contributed by atoms with Gasteiger partial charge in [-0.3, -0.25) is 4.79 Å². The average Bonchev–Trinajstić information content (AvgIpc) is 3.15. The maximum Gasteiger partial charge on any atom is 0.317 e. The second-order valence-electron chi connectivity index (χ2n) is 6.91. The van der Waals surface area contributed by atoms with E-state index in [1.54, 1.807) is 11.3 Å². The summed E-state index contributed by atoms with van der Waals surface area (Å²) in [5.41, 5.74) is 1.28. The van der Waals surface area contributed by atoms with Crippen LogP contribution in [0.2, 0.25) is 0 Å². The summed E-state index contributed by atoms with van der Waals surface area (Å²) in [6, 6.07) is 2.47. The minimum atomic E-state index is 0.0282. The number of amides is 3.